The summed E-state index contributed by atoms with van der Waals surface area (Å²) in [7, 11) is 0. The zero-order valence-electron chi connectivity index (χ0n) is 14.2. The summed E-state index contributed by atoms with van der Waals surface area (Å²) < 4.78 is 33.2. The van der Waals surface area contributed by atoms with Crippen molar-refractivity contribution in [2.24, 2.45) is 4.99 Å². The number of guanidine groups is 1. The molecule has 0 bridgehead atoms. The molecule has 136 valence electrons. The van der Waals surface area contributed by atoms with Gasteiger partial charge >= 0.3 is 0 Å². The molecule has 0 spiro atoms. The number of hydrogen-bond donors (Lipinski definition) is 2. The lowest BCUT2D eigenvalue weighted by atomic mass is 10.3. The molecule has 0 aliphatic rings. The molecule has 0 unspecified atom stereocenters. The third-order valence-corrected chi connectivity index (χ3v) is 3.27. The van der Waals surface area contributed by atoms with Gasteiger partial charge in [-0.25, -0.2) is 8.78 Å². The van der Waals surface area contributed by atoms with E-state index in [-0.39, 0.29) is 0 Å². The Morgan fingerprint density at radius 2 is 2.16 bits per heavy atom. The number of aliphatic imine (C=N–C) groups is 1. The number of nitrogens with one attached hydrogen (secondary N) is 2. The van der Waals surface area contributed by atoms with E-state index in [0.29, 0.717) is 31.4 Å². The summed E-state index contributed by atoms with van der Waals surface area (Å²) in [6.07, 6.45) is 4.55. The van der Waals surface area contributed by atoms with Crippen LogP contribution in [-0.2, 0) is 6.54 Å². The van der Waals surface area contributed by atoms with Crippen molar-refractivity contribution < 1.29 is 13.5 Å². The fourth-order valence-corrected chi connectivity index (χ4v) is 2.10. The van der Waals surface area contributed by atoms with Gasteiger partial charge in [0, 0.05) is 38.1 Å². The SMILES string of the molecule is CCNC(=NCCCn1cccn1)NCCOc1ccc(F)c(F)c1. The first kappa shape index (κ1) is 18.7. The molecule has 25 heavy (non-hydrogen) atoms. The van der Waals surface area contributed by atoms with E-state index in [2.05, 4.69) is 20.7 Å². The van der Waals surface area contributed by atoms with Gasteiger partial charge in [-0.1, -0.05) is 0 Å². The molecule has 0 aliphatic heterocycles. The second kappa shape index (κ2) is 10.3. The van der Waals surface area contributed by atoms with Gasteiger partial charge in [-0.3, -0.25) is 9.67 Å². The monoisotopic (exact) mass is 351 g/mol. The molecule has 2 rings (SSSR count). The molecule has 8 heteroatoms. The molecule has 0 radical (unpaired) electrons. The summed E-state index contributed by atoms with van der Waals surface area (Å²) in [4.78, 5) is 4.47. The van der Waals surface area contributed by atoms with Crippen LogP contribution in [0.5, 0.6) is 5.75 Å². The summed E-state index contributed by atoms with van der Waals surface area (Å²) in [5.41, 5.74) is 0. The molecule has 1 heterocycles. The minimum absolute atomic E-state index is 0.293. The van der Waals surface area contributed by atoms with Gasteiger partial charge in [0.1, 0.15) is 12.4 Å². The molecule has 1 aromatic carbocycles. The maximum Gasteiger partial charge on any atom is 0.191 e. The van der Waals surface area contributed by atoms with Crippen molar-refractivity contribution in [3.05, 3.63) is 48.3 Å². The van der Waals surface area contributed by atoms with Crippen LogP contribution in [0.2, 0.25) is 0 Å². The molecule has 0 aliphatic carbocycles. The van der Waals surface area contributed by atoms with Crippen molar-refractivity contribution in [2.75, 3.05) is 26.2 Å². The summed E-state index contributed by atoms with van der Waals surface area (Å²) in [6.45, 7) is 5.01. The largest absolute Gasteiger partial charge is 0.492 e. The minimum atomic E-state index is -0.919. The maximum absolute atomic E-state index is 13.1. The summed E-state index contributed by atoms with van der Waals surface area (Å²) in [5, 5.41) is 10.4. The average molecular weight is 351 g/mol. The van der Waals surface area contributed by atoms with Gasteiger partial charge in [-0.05, 0) is 31.5 Å². The van der Waals surface area contributed by atoms with E-state index >= 15 is 0 Å². The first-order valence-corrected chi connectivity index (χ1v) is 8.26. The van der Waals surface area contributed by atoms with E-state index in [0.717, 1.165) is 31.6 Å². The number of hydrogen-bond acceptors (Lipinski definition) is 3. The summed E-state index contributed by atoms with van der Waals surface area (Å²) in [6, 6.07) is 5.36. The Balaban J connectivity index is 1.69. The summed E-state index contributed by atoms with van der Waals surface area (Å²) in [5.74, 6) is -0.821. The molecule has 0 saturated heterocycles. The van der Waals surface area contributed by atoms with Gasteiger partial charge in [0.15, 0.2) is 17.6 Å². The van der Waals surface area contributed by atoms with Crippen molar-refractivity contribution >= 4 is 5.96 Å². The van der Waals surface area contributed by atoms with Crippen LogP contribution in [0.4, 0.5) is 8.78 Å². The van der Waals surface area contributed by atoms with Gasteiger partial charge in [0.25, 0.3) is 0 Å². The Hall–Kier alpha value is -2.64. The van der Waals surface area contributed by atoms with E-state index in [9.17, 15) is 8.78 Å². The molecule has 0 fully saturated rings. The lowest BCUT2D eigenvalue weighted by Crippen LogP contribution is -2.39. The molecule has 2 N–H and O–H groups in total. The molecular weight excluding hydrogens is 328 g/mol. The fraction of sp³-hybridized carbons (Fsp3) is 0.412. The number of halogens is 2. The van der Waals surface area contributed by atoms with Crippen LogP contribution in [0.3, 0.4) is 0 Å². The van der Waals surface area contributed by atoms with Crippen LogP contribution in [-0.4, -0.2) is 42.0 Å². The van der Waals surface area contributed by atoms with Gasteiger partial charge in [0.2, 0.25) is 0 Å². The van der Waals surface area contributed by atoms with Crippen molar-refractivity contribution in [3.63, 3.8) is 0 Å². The number of ether oxygens (including phenoxy) is 1. The van der Waals surface area contributed by atoms with Crippen LogP contribution in [0, 0.1) is 11.6 Å². The van der Waals surface area contributed by atoms with Crippen molar-refractivity contribution in [1.82, 2.24) is 20.4 Å². The smallest absolute Gasteiger partial charge is 0.191 e. The molecule has 0 saturated carbocycles. The minimum Gasteiger partial charge on any atom is -0.492 e. The lowest BCUT2D eigenvalue weighted by Gasteiger charge is -2.12. The number of benzene rings is 1. The molecule has 1 aromatic heterocycles. The first-order valence-electron chi connectivity index (χ1n) is 8.26. The van der Waals surface area contributed by atoms with Gasteiger partial charge < -0.3 is 15.4 Å². The van der Waals surface area contributed by atoms with Gasteiger partial charge in [-0.15, -0.1) is 0 Å². The van der Waals surface area contributed by atoms with Crippen LogP contribution in [0.1, 0.15) is 13.3 Å². The fourth-order valence-electron chi connectivity index (χ4n) is 2.10. The standard InChI is InChI=1S/C17H23F2N5O/c1-2-20-17(21-7-3-10-24-11-4-8-23-24)22-9-12-25-14-5-6-15(18)16(19)13-14/h4-6,8,11,13H,2-3,7,9-10,12H2,1H3,(H2,20,21,22). The van der Waals surface area contributed by atoms with Crippen LogP contribution < -0.4 is 15.4 Å². The topological polar surface area (TPSA) is 63.5 Å². The van der Waals surface area contributed by atoms with E-state index in [1.54, 1.807) is 6.20 Å². The Morgan fingerprint density at radius 3 is 2.88 bits per heavy atom. The van der Waals surface area contributed by atoms with Crippen molar-refractivity contribution in [1.29, 1.82) is 0 Å². The normalized spacial score (nSPS) is 11.4. The molecule has 2 aromatic rings. The second-order valence-corrected chi connectivity index (χ2v) is 5.23. The number of nitrogens with zero attached hydrogens (tertiary/aromatic N) is 3. The zero-order valence-corrected chi connectivity index (χ0v) is 14.2. The third-order valence-electron chi connectivity index (χ3n) is 3.27. The predicted octanol–water partition coefficient (Wildman–Crippen LogP) is 2.19. The number of aromatic nitrogens is 2. The van der Waals surface area contributed by atoms with Gasteiger partial charge in [-0.2, -0.15) is 5.10 Å². The van der Waals surface area contributed by atoms with E-state index in [1.165, 1.54) is 6.07 Å². The first-order chi connectivity index (χ1) is 12.2. The van der Waals surface area contributed by atoms with Crippen molar-refractivity contribution in [3.8, 4) is 5.75 Å². The van der Waals surface area contributed by atoms with E-state index in [4.69, 9.17) is 4.74 Å². The Labute approximate surface area is 145 Å². The van der Waals surface area contributed by atoms with E-state index in [1.807, 2.05) is 23.9 Å². The maximum atomic E-state index is 13.1. The Bertz CT molecular complexity index is 661. The zero-order chi connectivity index (χ0) is 17.9. The molecule has 0 atom stereocenters. The lowest BCUT2D eigenvalue weighted by molar-refractivity contribution is 0.318. The second-order valence-electron chi connectivity index (χ2n) is 5.23. The van der Waals surface area contributed by atoms with Gasteiger partial charge in [0.05, 0.1) is 6.54 Å². The highest BCUT2D eigenvalue weighted by atomic mass is 19.2. The third kappa shape index (κ3) is 6.78. The van der Waals surface area contributed by atoms with Crippen molar-refractivity contribution in [2.45, 2.75) is 19.9 Å². The van der Waals surface area contributed by atoms with E-state index < -0.39 is 11.6 Å². The number of aryl methyl sites for hydroxylation is 1. The average Bonchev–Trinajstić information content (AvgIpc) is 3.12. The summed E-state index contributed by atoms with van der Waals surface area (Å²) >= 11 is 0. The molecule has 0 amide bonds. The van der Waals surface area contributed by atoms with Crippen LogP contribution in [0.15, 0.2) is 41.7 Å². The highest BCUT2D eigenvalue weighted by Gasteiger charge is 2.03. The Morgan fingerprint density at radius 1 is 1.28 bits per heavy atom. The molecular formula is C17H23F2N5O. The Kier molecular flexibility index (Phi) is 7.68. The number of rotatable bonds is 9. The van der Waals surface area contributed by atoms with Crippen LogP contribution >= 0.6 is 0 Å². The predicted molar refractivity (Wildman–Crippen MR) is 92.7 cm³/mol. The van der Waals surface area contributed by atoms with Crippen LogP contribution in [0.25, 0.3) is 0 Å². The quantitative estimate of drug-likeness (QED) is 0.413. The highest BCUT2D eigenvalue weighted by Crippen LogP contribution is 2.14. The highest BCUT2D eigenvalue weighted by molar-refractivity contribution is 5.79. The molecule has 6 nitrogen and oxygen atoms in total.